The maximum atomic E-state index is 11.9. The van der Waals surface area contributed by atoms with E-state index in [-0.39, 0.29) is 5.57 Å². The Labute approximate surface area is 116 Å². The zero-order chi connectivity index (χ0) is 14.4. The van der Waals surface area contributed by atoms with Crippen LogP contribution in [0.4, 0.5) is 5.69 Å². The van der Waals surface area contributed by atoms with Crippen LogP contribution in [0.15, 0.2) is 52.7 Å². The zero-order valence-electron chi connectivity index (χ0n) is 10.8. The molecule has 20 heavy (non-hydrogen) atoms. The largest absolute Gasteiger partial charge is 0.497 e. The van der Waals surface area contributed by atoms with Crippen molar-refractivity contribution in [2.24, 2.45) is 0 Å². The summed E-state index contributed by atoms with van der Waals surface area (Å²) in [6.45, 7) is 0. The summed E-state index contributed by atoms with van der Waals surface area (Å²) in [5.74, 6) is 0.648. The molecule has 2 aromatic rings. The van der Waals surface area contributed by atoms with Crippen LogP contribution >= 0.6 is 0 Å². The fraction of sp³-hybridized carbons (Fsp3) is 0.0667. The van der Waals surface area contributed by atoms with Crippen LogP contribution in [0.5, 0.6) is 5.75 Å². The molecule has 0 saturated heterocycles. The van der Waals surface area contributed by atoms with Crippen molar-refractivity contribution >= 4 is 17.7 Å². The van der Waals surface area contributed by atoms with Gasteiger partial charge in [-0.1, -0.05) is 0 Å². The quantitative estimate of drug-likeness (QED) is 0.683. The molecule has 0 spiro atoms. The van der Waals surface area contributed by atoms with Crippen LogP contribution in [0.1, 0.15) is 5.76 Å². The van der Waals surface area contributed by atoms with Crippen LogP contribution in [0.3, 0.4) is 0 Å². The smallest absolute Gasteiger partial charge is 0.266 e. The first-order valence-corrected chi connectivity index (χ1v) is 5.83. The molecule has 100 valence electrons. The second-order valence-corrected chi connectivity index (χ2v) is 3.87. The summed E-state index contributed by atoms with van der Waals surface area (Å²) in [6, 6.07) is 12.0. The van der Waals surface area contributed by atoms with Crippen molar-refractivity contribution in [3.8, 4) is 11.8 Å². The molecular formula is C15H12N2O3. The highest BCUT2D eigenvalue weighted by atomic mass is 16.5. The predicted octanol–water partition coefficient (Wildman–Crippen LogP) is 2.83. The van der Waals surface area contributed by atoms with Crippen molar-refractivity contribution in [1.82, 2.24) is 0 Å². The molecule has 0 fully saturated rings. The van der Waals surface area contributed by atoms with Crippen molar-refractivity contribution in [2.75, 3.05) is 12.4 Å². The van der Waals surface area contributed by atoms with Crippen LogP contribution < -0.4 is 10.1 Å². The van der Waals surface area contributed by atoms with E-state index < -0.39 is 5.91 Å². The third-order valence-electron chi connectivity index (χ3n) is 2.54. The van der Waals surface area contributed by atoms with E-state index in [1.54, 1.807) is 43.5 Å². The van der Waals surface area contributed by atoms with Crippen molar-refractivity contribution in [3.63, 3.8) is 0 Å². The summed E-state index contributed by atoms with van der Waals surface area (Å²) in [5.41, 5.74) is 0.548. The van der Waals surface area contributed by atoms with Gasteiger partial charge >= 0.3 is 0 Å². The third kappa shape index (κ3) is 3.27. The highest BCUT2D eigenvalue weighted by Gasteiger charge is 2.10. The molecule has 1 heterocycles. The van der Waals surface area contributed by atoms with Crippen LogP contribution in [-0.2, 0) is 4.79 Å². The average molecular weight is 268 g/mol. The third-order valence-corrected chi connectivity index (χ3v) is 2.54. The molecule has 1 N–H and O–H groups in total. The molecule has 5 heteroatoms. The van der Waals surface area contributed by atoms with E-state index in [1.807, 2.05) is 6.07 Å². The summed E-state index contributed by atoms with van der Waals surface area (Å²) in [5, 5.41) is 11.6. The molecule has 0 aliphatic carbocycles. The first-order valence-electron chi connectivity index (χ1n) is 5.83. The van der Waals surface area contributed by atoms with Gasteiger partial charge in [0.25, 0.3) is 5.91 Å². The molecule has 0 bridgehead atoms. The Morgan fingerprint density at radius 3 is 2.65 bits per heavy atom. The summed E-state index contributed by atoms with van der Waals surface area (Å²) in [4.78, 5) is 11.9. The topological polar surface area (TPSA) is 75.3 Å². The summed E-state index contributed by atoms with van der Waals surface area (Å²) < 4.78 is 10.1. The normalized spacial score (nSPS) is 10.7. The number of nitrogens with one attached hydrogen (secondary N) is 1. The highest BCUT2D eigenvalue weighted by molar-refractivity contribution is 6.09. The lowest BCUT2D eigenvalue weighted by Crippen LogP contribution is -2.13. The Balaban J connectivity index is 2.11. The maximum absolute atomic E-state index is 11.9. The number of benzene rings is 1. The monoisotopic (exact) mass is 268 g/mol. The molecule has 0 unspecified atom stereocenters. The SMILES string of the molecule is COc1ccc(NC(=O)/C(C#N)=C\c2ccco2)cc1. The molecule has 0 radical (unpaired) electrons. The van der Waals surface area contributed by atoms with Gasteiger partial charge in [0.15, 0.2) is 0 Å². The van der Waals surface area contributed by atoms with E-state index in [9.17, 15) is 4.79 Å². The number of hydrogen-bond acceptors (Lipinski definition) is 4. The Kier molecular flexibility index (Phi) is 4.20. The highest BCUT2D eigenvalue weighted by Crippen LogP contribution is 2.16. The van der Waals surface area contributed by atoms with E-state index in [1.165, 1.54) is 12.3 Å². The molecule has 0 saturated carbocycles. The predicted molar refractivity (Wildman–Crippen MR) is 73.9 cm³/mol. The van der Waals surface area contributed by atoms with E-state index in [2.05, 4.69) is 5.32 Å². The van der Waals surface area contributed by atoms with Gasteiger partial charge in [0.05, 0.1) is 13.4 Å². The van der Waals surface area contributed by atoms with Gasteiger partial charge in [-0.05, 0) is 36.4 Å². The molecule has 0 aliphatic rings. The minimum Gasteiger partial charge on any atom is -0.497 e. The number of amides is 1. The van der Waals surface area contributed by atoms with Gasteiger partial charge < -0.3 is 14.5 Å². The number of furan rings is 1. The Morgan fingerprint density at radius 2 is 2.10 bits per heavy atom. The van der Waals surface area contributed by atoms with E-state index in [4.69, 9.17) is 14.4 Å². The number of carbonyl (C=O) groups is 1. The molecule has 0 aliphatic heterocycles. The second kappa shape index (κ2) is 6.25. The van der Waals surface area contributed by atoms with Gasteiger partial charge in [0.1, 0.15) is 23.2 Å². The number of carbonyl (C=O) groups excluding carboxylic acids is 1. The van der Waals surface area contributed by atoms with Gasteiger partial charge in [-0.25, -0.2) is 0 Å². The number of hydrogen-bond donors (Lipinski definition) is 1. The Hall–Kier alpha value is -3.00. The number of ether oxygens (including phenoxy) is 1. The molecular weight excluding hydrogens is 256 g/mol. The van der Waals surface area contributed by atoms with Gasteiger partial charge in [-0.2, -0.15) is 5.26 Å². The number of nitriles is 1. The number of anilines is 1. The molecule has 1 amide bonds. The first-order chi connectivity index (χ1) is 9.72. The Bertz CT molecular complexity index is 649. The van der Waals surface area contributed by atoms with Gasteiger partial charge in [-0.3, -0.25) is 4.79 Å². The van der Waals surface area contributed by atoms with Crippen LogP contribution in [-0.4, -0.2) is 13.0 Å². The van der Waals surface area contributed by atoms with Gasteiger partial charge in [0.2, 0.25) is 0 Å². The first kappa shape index (κ1) is 13.4. The molecule has 2 rings (SSSR count). The van der Waals surface area contributed by atoms with Crippen LogP contribution in [0.25, 0.3) is 6.08 Å². The number of rotatable bonds is 4. The van der Waals surface area contributed by atoms with Crippen molar-refractivity contribution in [2.45, 2.75) is 0 Å². The summed E-state index contributed by atoms with van der Waals surface area (Å²) in [6.07, 6.45) is 2.86. The van der Waals surface area contributed by atoms with Crippen molar-refractivity contribution in [1.29, 1.82) is 5.26 Å². The standard InChI is InChI=1S/C15H12N2O3/c1-19-13-6-4-12(5-7-13)17-15(18)11(10-16)9-14-3-2-8-20-14/h2-9H,1H3,(H,17,18)/b11-9-. The molecule has 0 atom stereocenters. The van der Waals surface area contributed by atoms with Gasteiger partial charge in [0, 0.05) is 11.8 Å². The minimum absolute atomic E-state index is 0.0317. The fourth-order valence-corrected chi connectivity index (χ4v) is 1.54. The molecule has 1 aromatic heterocycles. The maximum Gasteiger partial charge on any atom is 0.266 e. The minimum atomic E-state index is -0.492. The lowest BCUT2D eigenvalue weighted by Gasteiger charge is -2.05. The molecule has 1 aromatic carbocycles. The van der Waals surface area contributed by atoms with Gasteiger partial charge in [-0.15, -0.1) is 0 Å². The van der Waals surface area contributed by atoms with E-state index >= 15 is 0 Å². The average Bonchev–Trinajstić information content (AvgIpc) is 2.98. The van der Waals surface area contributed by atoms with Crippen LogP contribution in [0.2, 0.25) is 0 Å². The second-order valence-electron chi connectivity index (χ2n) is 3.87. The number of nitrogens with zero attached hydrogens (tertiary/aromatic N) is 1. The van der Waals surface area contributed by atoms with Crippen molar-refractivity contribution in [3.05, 3.63) is 54.0 Å². The summed E-state index contributed by atoms with van der Waals surface area (Å²) >= 11 is 0. The fourth-order valence-electron chi connectivity index (χ4n) is 1.54. The lowest BCUT2D eigenvalue weighted by atomic mass is 10.2. The summed E-state index contributed by atoms with van der Waals surface area (Å²) in [7, 11) is 1.56. The van der Waals surface area contributed by atoms with Crippen molar-refractivity contribution < 1.29 is 13.9 Å². The van der Waals surface area contributed by atoms with Crippen LogP contribution in [0, 0.1) is 11.3 Å². The zero-order valence-corrected chi connectivity index (χ0v) is 10.8. The molecule has 5 nitrogen and oxygen atoms in total. The number of methoxy groups -OCH3 is 1. The van der Waals surface area contributed by atoms with E-state index in [0.29, 0.717) is 17.2 Å². The lowest BCUT2D eigenvalue weighted by molar-refractivity contribution is -0.112. The Morgan fingerprint density at radius 1 is 1.35 bits per heavy atom. The van der Waals surface area contributed by atoms with E-state index in [0.717, 1.165) is 0 Å².